The van der Waals surface area contributed by atoms with Crippen LogP contribution in [-0.2, 0) is 16.6 Å². The molecule has 0 aromatic heterocycles. The summed E-state index contributed by atoms with van der Waals surface area (Å²) in [4.78, 5) is 0.131. The third-order valence-corrected chi connectivity index (χ3v) is 5.22. The molecule has 0 radical (unpaired) electrons. The Balaban J connectivity index is 2.41. The van der Waals surface area contributed by atoms with Crippen LogP contribution in [0.5, 0.6) is 0 Å². The van der Waals surface area contributed by atoms with Crippen LogP contribution >= 0.6 is 27.5 Å². The lowest BCUT2D eigenvalue weighted by Crippen LogP contribution is -2.14. The maximum Gasteiger partial charge on any atom is 0.261 e. The number of sulfonamides is 1. The number of anilines is 1. The molecule has 0 atom stereocenters. The van der Waals surface area contributed by atoms with Crippen molar-refractivity contribution in [2.75, 3.05) is 4.72 Å². The fourth-order valence-electron chi connectivity index (χ4n) is 1.78. The molecule has 3 N–H and O–H groups in total. The second-order valence-electron chi connectivity index (χ2n) is 4.52. The van der Waals surface area contributed by atoms with E-state index in [-0.39, 0.29) is 11.4 Å². The topological polar surface area (TPSA) is 72.2 Å². The molecule has 0 saturated heterocycles. The number of hydrogen-bond acceptors (Lipinski definition) is 3. The van der Waals surface area contributed by atoms with E-state index in [1.165, 1.54) is 18.2 Å². The van der Waals surface area contributed by atoms with E-state index in [0.717, 1.165) is 10.0 Å². The predicted molar refractivity (Wildman–Crippen MR) is 89.0 cm³/mol. The van der Waals surface area contributed by atoms with Crippen molar-refractivity contribution in [2.24, 2.45) is 5.73 Å². The molecule has 0 amide bonds. The highest BCUT2D eigenvalue weighted by atomic mass is 79.9. The van der Waals surface area contributed by atoms with Crippen LogP contribution < -0.4 is 10.5 Å². The molecule has 0 aliphatic carbocycles. The summed E-state index contributed by atoms with van der Waals surface area (Å²) in [6.07, 6.45) is 0. The first-order chi connectivity index (χ1) is 9.83. The Morgan fingerprint density at radius 2 is 1.95 bits per heavy atom. The van der Waals surface area contributed by atoms with Gasteiger partial charge in [-0.15, -0.1) is 0 Å². The van der Waals surface area contributed by atoms with E-state index in [9.17, 15) is 8.42 Å². The highest BCUT2D eigenvalue weighted by Gasteiger charge is 2.16. The van der Waals surface area contributed by atoms with Crippen LogP contribution in [0.25, 0.3) is 0 Å². The average molecular weight is 390 g/mol. The van der Waals surface area contributed by atoms with E-state index in [1.807, 2.05) is 19.1 Å². The SMILES string of the molecule is Cc1ccc(Br)cc1NS(=O)(=O)c1ccc(Cl)c(CN)c1. The van der Waals surface area contributed by atoms with Crippen LogP contribution in [0.15, 0.2) is 45.8 Å². The van der Waals surface area contributed by atoms with E-state index in [0.29, 0.717) is 16.3 Å². The Hall–Kier alpha value is -1.08. The molecule has 0 spiro atoms. The number of benzene rings is 2. The number of nitrogens with two attached hydrogens (primary N) is 1. The molecule has 112 valence electrons. The molecule has 4 nitrogen and oxygen atoms in total. The number of hydrogen-bond donors (Lipinski definition) is 2. The van der Waals surface area contributed by atoms with Crippen LogP contribution in [0.2, 0.25) is 5.02 Å². The van der Waals surface area contributed by atoms with Gasteiger partial charge in [-0.05, 0) is 48.4 Å². The summed E-state index contributed by atoms with van der Waals surface area (Å²) < 4.78 is 28.2. The fourth-order valence-corrected chi connectivity index (χ4v) is 3.51. The standard InChI is InChI=1S/C14H14BrClN2O2S/c1-9-2-3-11(15)7-14(9)18-21(19,20)12-4-5-13(16)10(6-12)8-17/h2-7,18H,8,17H2,1H3. The van der Waals surface area contributed by atoms with Crippen molar-refractivity contribution in [1.82, 2.24) is 0 Å². The minimum atomic E-state index is -3.69. The molecule has 7 heteroatoms. The van der Waals surface area contributed by atoms with Crippen molar-refractivity contribution in [1.29, 1.82) is 0 Å². The second kappa shape index (κ2) is 6.36. The molecule has 2 aromatic carbocycles. The van der Waals surface area contributed by atoms with Crippen molar-refractivity contribution in [3.05, 3.63) is 57.0 Å². The van der Waals surface area contributed by atoms with E-state index in [1.54, 1.807) is 6.07 Å². The zero-order chi connectivity index (χ0) is 15.6. The molecule has 21 heavy (non-hydrogen) atoms. The van der Waals surface area contributed by atoms with Gasteiger partial charge < -0.3 is 5.73 Å². The van der Waals surface area contributed by atoms with Crippen molar-refractivity contribution < 1.29 is 8.42 Å². The number of rotatable bonds is 4. The van der Waals surface area contributed by atoms with Gasteiger partial charge in [0, 0.05) is 16.0 Å². The molecule has 0 aliphatic heterocycles. The Kier molecular flexibility index (Phi) is 4.93. The Labute approximate surface area is 137 Å². The molecule has 2 rings (SSSR count). The fraction of sp³-hybridized carbons (Fsp3) is 0.143. The summed E-state index contributed by atoms with van der Waals surface area (Å²) in [6.45, 7) is 2.01. The quantitative estimate of drug-likeness (QED) is 0.838. The van der Waals surface area contributed by atoms with Gasteiger partial charge in [-0.3, -0.25) is 4.72 Å². The van der Waals surface area contributed by atoms with Gasteiger partial charge in [0.25, 0.3) is 10.0 Å². The predicted octanol–water partition coefficient (Wildman–Crippen LogP) is 3.67. The molecular formula is C14H14BrClN2O2S. The van der Waals surface area contributed by atoms with E-state index >= 15 is 0 Å². The normalized spacial score (nSPS) is 11.4. The zero-order valence-corrected chi connectivity index (χ0v) is 14.4. The van der Waals surface area contributed by atoms with Gasteiger partial charge in [-0.1, -0.05) is 33.6 Å². The summed E-state index contributed by atoms with van der Waals surface area (Å²) in [6, 6.07) is 9.87. The first kappa shape index (κ1) is 16.3. The van der Waals surface area contributed by atoms with Crippen molar-refractivity contribution in [3.8, 4) is 0 Å². The van der Waals surface area contributed by atoms with Gasteiger partial charge in [0.2, 0.25) is 0 Å². The van der Waals surface area contributed by atoms with Gasteiger partial charge in [-0.2, -0.15) is 0 Å². The lowest BCUT2D eigenvalue weighted by atomic mass is 10.2. The van der Waals surface area contributed by atoms with Gasteiger partial charge >= 0.3 is 0 Å². The molecule has 0 aliphatic rings. The van der Waals surface area contributed by atoms with Crippen LogP contribution in [-0.4, -0.2) is 8.42 Å². The third kappa shape index (κ3) is 3.77. The van der Waals surface area contributed by atoms with E-state index < -0.39 is 10.0 Å². The molecule has 0 fully saturated rings. The highest BCUT2D eigenvalue weighted by molar-refractivity contribution is 9.10. The summed E-state index contributed by atoms with van der Waals surface area (Å²) >= 11 is 9.27. The van der Waals surface area contributed by atoms with Crippen LogP contribution in [0, 0.1) is 6.92 Å². The maximum atomic E-state index is 12.4. The van der Waals surface area contributed by atoms with Crippen molar-refractivity contribution in [3.63, 3.8) is 0 Å². The Morgan fingerprint density at radius 3 is 2.62 bits per heavy atom. The number of nitrogens with one attached hydrogen (secondary N) is 1. The summed E-state index contributed by atoms with van der Waals surface area (Å²) in [7, 11) is -3.69. The van der Waals surface area contributed by atoms with Crippen molar-refractivity contribution in [2.45, 2.75) is 18.4 Å². The number of halogens is 2. The van der Waals surface area contributed by atoms with Crippen LogP contribution in [0.4, 0.5) is 5.69 Å². The first-order valence-corrected chi connectivity index (χ1v) is 8.76. The summed E-state index contributed by atoms with van der Waals surface area (Å²) in [5.74, 6) is 0. The smallest absolute Gasteiger partial charge is 0.261 e. The van der Waals surface area contributed by atoms with Crippen LogP contribution in [0.3, 0.4) is 0 Å². The largest absolute Gasteiger partial charge is 0.326 e. The minimum Gasteiger partial charge on any atom is -0.326 e. The molecular weight excluding hydrogens is 376 g/mol. The van der Waals surface area contributed by atoms with Gasteiger partial charge in [0.05, 0.1) is 10.6 Å². The van der Waals surface area contributed by atoms with E-state index in [4.69, 9.17) is 17.3 Å². The van der Waals surface area contributed by atoms with Crippen LogP contribution in [0.1, 0.15) is 11.1 Å². The second-order valence-corrected chi connectivity index (χ2v) is 7.53. The zero-order valence-electron chi connectivity index (χ0n) is 11.2. The lowest BCUT2D eigenvalue weighted by molar-refractivity contribution is 0.601. The monoisotopic (exact) mass is 388 g/mol. The van der Waals surface area contributed by atoms with Crippen molar-refractivity contribution >= 4 is 43.2 Å². The van der Waals surface area contributed by atoms with Gasteiger partial charge in [0.1, 0.15) is 0 Å². The molecule has 0 unspecified atom stereocenters. The summed E-state index contributed by atoms with van der Waals surface area (Å²) in [5.41, 5.74) is 7.49. The average Bonchev–Trinajstić information content (AvgIpc) is 2.43. The molecule has 0 heterocycles. The third-order valence-electron chi connectivity index (χ3n) is 2.99. The first-order valence-electron chi connectivity index (χ1n) is 6.11. The van der Waals surface area contributed by atoms with Gasteiger partial charge in [0.15, 0.2) is 0 Å². The maximum absolute atomic E-state index is 12.4. The Morgan fingerprint density at radius 1 is 1.24 bits per heavy atom. The minimum absolute atomic E-state index is 0.131. The number of aryl methyl sites for hydroxylation is 1. The molecule has 0 bridgehead atoms. The van der Waals surface area contributed by atoms with E-state index in [2.05, 4.69) is 20.7 Å². The lowest BCUT2D eigenvalue weighted by Gasteiger charge is -2.12. The molecule has 0 saturated carbocycles. The summed E-state index contributed by atoms with van der Waals surface area (Å²) in [5, 5.41) is 0.454. The molecule has 2 aromatic rings. The Bertz CT molecular complexity index is 779. The van der Waals surface area contributed by atoms with Gasteiger partial charge in [-0.25, -0.2) is 8.42 Å². The highest BCUT2D eigenvalue weighted by Crippen LogP contribution is 2.25.